The van der Waals surface area contributed by atoms with E-state index in [2.05, 4.69) is 20.6 Å². The first-order valence-corrected chi connectivity index (χ1v) is 10.6. The van der Waals surface area contributed by atoms with Gasteiger partial charge in [-0.2, -0.15) is 5.10 Å². The molecule has 5 rings (SSSR count). The molecule has 33 heavy (non-hydrogen) atoms. The highest BCUT2D eigenvalue weighted by Gasteiger charge is 2.16. The largest absolute Gasteiger partial charge is 0.346 e. The second-order valence-corrected chi connectivity index (χ2v) is 7.48. The summed E-state index contributed by atoms with van der Waals surface area (Å²) in [6.07, 6.45) is 5.69. The first kappa shape index (κ1) is 20.4. The molecule has 3 aromatic heterocycles. The summed E-state index contributed by atoms with van der Waals surface area (Å²) in [5, 5.41) is 11.0. The Balaban J connectivity index is 1.42. The maximum Gasteiger partial charge on any atom is 0.323 e. The van der Waals surface area contributed by atoms with Gasteiger partial charge >= 0.3 is 6.03 Å². The van der Waals surface area contributed by atoms with E-state index >= 15 is 0 Å². The Kier molecular flexibility index (Phi) is 5.32. The molecule has 2 amide bonds. The quantitative estimate of drug-likeness (QED) is 0.318. The summed E-state index contributed by atoms with van der Waals surface area (Å²) in [4.78, 5) is 19.8. The molecule has 0 saturated heterocycles. The molecule has 0 aliphatic heterocycles. The average Bonchev–Trinajstić information content (AvgIpc) is 3.48. The predicted octanol–water partition coefficient (Wildman–Crippen LogP) is 5.90. The number of amides is 2. The van der Waals surface area contributed by atoms with Crippen molar-refractivity contribution in [3.63, 3.8) is 0 Å². The van der Waals surface area contributed by atoms with Crippen molar-refractivity contribution in [2.45, 2.75) is 13.5 Å². The molecule has 0 atom stereocenters. The van der Waals surface area contributed by atoms with Crippen LogP contribution in [0.25, 0.3) is 33.4 Å². The highest BCUT2D eigenvalue weighted by atomic mass is 19.1. The number of hydrogen-bond donors (Lipinski definition) is 3. The first-order chi connectivity index (χ1) is 16.1. The lowest BCUT2D eigenvalue weighted by atomic mass is 10.0. The first-order valence-electron chi connectivity index (χ1n) is 10.6. The van der Waals surface area contributed by atoms with Gasteiger partial charge in [0.1, 0.15) is 17.2 Å². The molecule has 3 N–H and O–H groups in total. The maximum atomic E-state index is 13.8. The van der Waals surface area contributed by atoms with Gasteiger partial charge in [-0.1, -0.05) is 24.3 Å². The number of aromatic amines is 1. The van der Waals surface area contributed by atoms with Gasteiger partial charge in [-0.15, -0.1) is 0 Å². The third kappa shape index (κ3) is 4.06. The number of anilines is 2. The predicted molar refractivity (Wildman–Crippen MR) is 127 cm³/mol. The van der Waals surface area contributed by atoms with Crippen molar-refractivity contribution in [2.75, 3.05) is 10.6 Å². The number of aromatic nitrogens is 4. The van der Waals surface area contributed by atoms with Gasteiger partial charge in [-0.3, -0.25) is 4.68 Å². The van der Waals surface area contributed by atoms with Gasteiger partial charge in [0.15, 0.2) is 0 Å². The third-order valence-corrected chi connectivity index (χ3v) is 5.37. The van der Waals surface area contributed by atoms with E-state index in [-0.39, 0.29) is 5.69 Å². The second kappa shape index (κ2) is 8.58. The molecular formula is C25H21FN6O. The number of benzene rings is 2. The molecule has 0 saturated carbocycles. The van der Waals surface area contributed by atoms with E-state index in [1.807, 2.05) is 48.3 Å². The monoisotopic (exact) mass is 440 g/mol. The molecule has 3 heterocycles. The molecule has 0 bridgehead atoms. The van der Waals surface area contributed by atoms with E-state index in [1.54, 1.807) is 30.5 Å². The number of nitrogens with zero attached hydrogens (tertiary/aromatic N) is 3. The van der Waals surface area contributed by atoms with Crippen molar-refractivity contribution in [3.8, 4) is 22.4 Å². The van der Waals surface area contributed by atoms with E-state index in [0.29, 0.717) is 5.69 Å². The van der Waals surface area contributed by atoms with Gasteiger partial charge in [0.25, 0.3) is 0 Å². The lowest BCUT2D eigenvalue weighted by Crippen LogP contribution is -2.20. The topological polar surface area (TPSA) is 87.6 Å². The minimum atomic E-state index is -0.518. The van der Waals surface area contributed by atoms with Gasteiger partial charge in [0.05, 0.1) is 5.69 Å². The zero-order valence-electron chi connectivity index (χ0n) is 17.8. The highest BCUT2D eigenvalue weighted by molar-refractivity contribution is 6.00. The van der Waals surface area contributed by atoms with Crippen LogP contribution in [0, 0.1) is 5.82 Å². The van der Waals surface area contributed by atoms with Crippen molar-refractivity contribution in [3.05, 3.63) is 85.1 Å². The van der Waals surface area contributed by atoms with Gasteiger partial charge in [0.2, 0.25) is 0 Å². The van der Waals surface area contributed by atoms with Crippen LogP contribution in [0.3, 0.4) is 0 Å². The molecule has 0 unspecified atom stereocenters. The molecule has 2 aromatic carbocycles. The van der Waals surface area contributed by atoms with Crippen molar-refractivity contribution in [1.29, 1.82) is 0 Å². The van der Waals surface area contributed by atoms with Crippen molar-refractivity contribution >= 4 is 28.4 Å². The van der Waals surface area contributed by atoms with Crippen LogP contribution in [0.5, 0.6) is 0 Å². The molecule has 5 aromatic rings. The Hall–Kier alpha value is -4.46. The Morgan fingerprint density at radius 2 is 1.85 bits per heavy atom. The van der Waals surface area contributed by atoms with Gasteiger partial charge in [0, 0.05) is 47.3 Å². The Morgan fingerprint density at radius 1 is 1.03 bits per heavy atom. The molecule has 0 fully saturated rings. The molecule has 0 aliphatic rings. The second-order valence-electron chi connectivity index (χ2n) is 7.48. The summed E-state index contributed by atoms with van der Waals surface area (Å²) in [6.45, 7) is 2.78. The van der Waals surface area contributed by atoms with Crippen LogP contribution < -0.4 is 10.6 Å². The number of aryl methyl sites for hydroxylation is 1. The number of pyridine rings is 1. The van der Waals surface area contributed by atoms with Crippen LogP contribution in [0.15, 0.2) is 79.3 Å². The fourth-order valence-electron chi connectivity index (χ4n) is 3.75. The smallest absolute Gasteiger partial charge is 0.323 e. The van der Waals surface area contributed by atoms with Crippen molar-refractivity contribution in [2.24, 2.45) is 0 Å². The average molecular weight is 440 g/mol. The minimum absolute atomic E-state index is 0.120. The Bertz CT molecular complexity index is 1440. The SMILES string of the molecule is CCn1cc(-c2ccnc3[nH]ccc23)c(-c2ccc(NC(=O)Nc3ccccc3F)cc2)n1. The normalized spacial score (nSPS) is 11.0. The zero-order chi connectivity index (χ0) is 22.8. The van der Waals surface area contributed by atoms with Crippen LogP contribution in [-0.2, 0) is 6.54 Å². The standard InChI is InChI=1S/C25H21FN6O/c1-2-32-15-20(18-11-13-27-24-19(18)12-14-28-24)23(31-32)16-7-9-17(10-8-16)29-25(33)30-22-6-4-3-5-21(22)26/h3-15H,2H2,1H3,(H,27,28)(H2,29,30,33). The lowest BCUT2D eigenvalue weighted by molar-refractivity contribution is 0.262. The number of carbonyl (C=O) groups excluding carboxylic acids is 1. The Morgan fingerprint density at radius 3 is 2.64 bits per heavy atom. The third-order valence-electron chi connectivity index (χ3n) is 5.37. The summed E-state index contributed by atoms with van der Waals surface area (Å²) >= 11 is 0. The molecule has 164 valence electrons. The molecule has 0 radical (unpaired) electrons. The van der Waals surface area contributed by atoms with Gasteiger partial charge < -0.3 is 15.6 Å². The van der Waals surface area contributed by atoms with E-state index < -0.39 is 11.8 Å². The molecule has 7 nitrogen and oxygen atoms in total. The van der Waals surface area contributed by atoms with Crippen molar-refractivity contribution in [1.82, 2.24) is 19.7 Å². The number of nitrogens with one attached hydrogen (secondary N) is 3. The summed E-state index contributed by atoms with van der Waals surface area (Å²) in [7, 11) is 0. The molecular weight excluding hydrogens is 419 g/mol. The van der Waals surface area contributed by atoms with Gasteiger partial charge in [-0.25, -0.2) is 14.2 Å². The molecule has 8 heteroatoms. The number of carbonyl (C=O) groups is 1. The zero-order valence-corrected chi connectivity index (χ0v) is 17.8. The summed E-state index contributed by atoms with van der Waals surface area (Å²) < 4.78 is 15.7. The number of hydrogen-bond acceptors (Lipinski definition) is 3. The van der Waals surface area contributed by atoms with Crippen LogP contribution in [0.1, 0.15) is 6.92 Å². The Labute approximate surface area is 189 Å². The van der Waals surface area contributed by atoms with Crippen LogP contribution in [-0.4, -0.2) is 25.8 Å². The fraction of sp³-hybridized carbons (Fsp3) is 0.0800. The molecule has 0 spiro atoms. The number of rotatable bonds is 5. The van der Waals surface area contributed by atoms with Gasteiger partial charge in [-0.05, 0) is 48.9 Å². The van der Waals surface area contributed by atoms with Crippen LogP contribution >= 0.6 is 0 Å². The van der Waals surface area contributed by atoms with E-state index in [0.717, 1.165) is 40.0 Å². The molecule has 0 aliphatic carbocycles. The summed E-state index contributed by atoms with van der Waals surface area (Å²) in [5.74, 6) is -0.491. The summed E-state index contributed by atoms with van der Waals surface area (Å²) in [5.41, 5.74) is 5.33. The highest BCUT2D eigenvalue weighted by Crippen LogP contribution is 2.35. The fourth-order valence-corrected chi connectivity index (χ4v) is 3.75. The minimum Gasteiger partial charge on any atom is -0.346 e. The van der Waals surface area contributed by atoms with Crippen LogP contribution in [0.4, 0.5) is 20.6 Å². The van der Waals surface area contributed by atoms with E-state index in [9.17, 15) is 9.18 Å². The maximum absolute atomic E-state index is 13.8. The summed E-state index contributed by atoms with van der Waals surface area (Å²) in [6, 6.07) is 16.9. The number of halogens is 1. The van der Waals surface area contributed by atoms with E-state index in [4.69, 9.17) is 5.10 Å². The lowest BCUT2D eigenvalue weighted by Gasteiger charge is -2.09. The number of urea groups is 1. The van der Waals surface area contributed by atoms with Crippen molar-refractivity contribution < 1.29 is 9.18 Å². The number of H-pyrrole nitrogens is 1. The van der Waals surface area contributed by atoms with Crippen LogP contribution in [0.2, 0.25) is 0 Å². The van der Waals surface area contributed by atoms with E-state index in [1.165, 1.54) is 12.1 Å². The number of para-hydroxylation sites is 1. The number of fused-ring (bicyclic) bond motifs is 1.